The van der Waals surface area contributed by atoms with Crippen molar-refractivity contribution in [3.8, 4) is 0 Å². The molecule has 0 amide bonds. The summed E-state index contributed by atoms with van der Waals surface area (Å²) >= 11 is 0. The molecule has 0 atom stereocenters. The van der Waals surface area contributed by atoms with Crippen LogP contribution in [-0.4, -0.2) is 25.6 Å². The van der Waals surface area contributed by atoms with Gasteiger partial charge in [-0.05, 0) is 42.7 Å². The quantitative estimate of drug-likeness (QED) is 0.499. The number of nitrogens with one attached hydrogen (secondary N) is 1. The molecule has 0 spiro atoms. The van der Waals surface area contributed by atoms with E-state index in [2.05, 4.69) is 44.2 Å². The van der Waals surface area contributed by atoms with Crippen LogP contribution in [0, 0.1) is 0 Å². The van der Waals surface area contributed by atoms with Gasteiger partial charge < -0.3 is 15.0 Å². The minimum Gasteiger partial charge on any atom is -0.476 e. The highest BCUT2D eigenvalue weighted by Gasteiger charge is 2.27. The lowest BCUT2D eigenvalue weighted by atomic mass is 10.2. The molecule has 0 aliphatic heterocycles. The Morgan fingerprint density at radius 2 is 1.97 bits per heavy atom. The third kappa shape index (κ3) is 3.57. The van der Waals surface area contributed by atoms with Gasteiger partial charge in [0, 0.05) is 35.2 Å². The smallest absolute Gasteiger partial charge is 0.358 e. The fourth-order valence-electron chi connectivity index (χ4n) is 3.55. The minimum absolute atomic E-state index is 0.0313. The summed E-state index contributed by atoms with van der Waals surface area (Å²) in [6.07, 6.45) is 5.85. The van der Waals surface area contributed by atoms with Crippen molar-refractivity contribution in [2.24, 2.45) is 0 Å². The summed E-state index contributed by atoms with van der Waals surface area (Å²) in [5.74, 6) is -0.446. The molecule has 2 N–H and O–H groups in total. The van der Waals surface area contributed by atoms with E-state index in [9.17, 15) is 9.90 Å². The number of aromatic carboxylic acids is 1. The third-order valence-electron chi connectivity index (χ3n) is 5.22. The van der Waals surface area contributed by atoms with Gasteiger partial charge in [0.25, 0.3) is 0 Å². The van der Waals surface area contributed by atoms with E-state index in [1.54, 1.807) is 6.20 Å². The molecule has 1 fully saturated rings. The van der Waals surface area contributed by atoms with Crippen LogP contribution in [0.1, 0.15) is 40.5 Å². The molecule has 0 unspecified atom stereocenters. The van der Waals surface area contributed by atoms with Crippen molar-refractivity contribution >= 4 is 28.4 Å². The first-order valence-corrected chi connectivity index (χ1v) is 9.67. The molecule has 2 heterocycles. The molecule has 29 heavy (non-hydrogen) atoms. The number of rotatable bonds is 6. The molecule has 5 rings (SSSR count). The summed E-state index contributed by atoms with van der Waals surface area (Å²) in [5, 5.41) is 13.7. The predicted molar refractivity (Wildman–Crippen MR) is 112 cm³/mol. The van der Waals surface area contributed by atoms with Crippen molar-refractivity contribution < 1.29 is 9.90 Å². The van der Waals surface area contributed by atoms with Crippen LogP contribution in [0.3, 0.4) is 0 Å². The number of benzene rings is 2. The molecule has 144 valence electrons. The Kier molecular flexibility index (Phi) is 4.24. The van der Waals surface area contributed by atoms with E-state index >= 15 is 0 Å². The number of carbonyl (C=O) groups is 1. The molecule has 0 bridgehead atoms. The number of hydrogen-bond donors (Lipinski definition) is 2. The number of hydrogen-bond acceptors (Lipinski definition) is 4. The molecule has 4 aromatic rings. The van der Waals surface area contributed by atoms with Crippen molar-refractivity contribution in [1.29, 1.82) is 0 Å². The first-order valence-electron chi connectivity index (χ1n) is 9.67. The van der Waals surface area contributed by atoms with Gasteiger partial charge in [-0.3, -0.25) is 0 Å². The second kappa shape index (κ2) is 7.05. The summed E-state index contributed by atoms with van der Waals surface area (Å²) < 4.78 is 2.20. The van der Waals surface area contributed by atoms with Crippen molar-refractivity contribution in [2.75, 3.05) is 5.32 Å². The number of carboxylic acids is 1. The molecule has 6 heteroatoms. The molecule has 1 aliphatic carbocycles. The van der Waals surface area contributed by atoms with Crippen molar-refractivity contribution in [1.82, 2.24) is 14.5 Å². The number of fused-ring (bicyclic) bond motifs is 1. The maximum absolute atomic E-state index is 11.7. The highest BCUT2D eigenvalue weighted by atomic mass is 16.4. The molecule has 2 aromatic heterocycles. The van der Waals surface area contributed by atoms with Crippen LogP contribution in [0.15, 0.2) is 67.0 Å². The highest BCUT2D eigenvalue weighted by molar-refractivity contribution is 5.92. The average molecular weight is 384 g/mol. The van der Waals surface area contributed by atoms with Crippen LogP contribution in [-0.2, 0) is 6.54 Å². The molecular weight excluding hydrogens is 364 g/mol. The van der Waals surface area contributed by atoms with Gasteiger partial charge in [0.15, 0.2) is 11.5 Å². The molecule has 2 aromatic carbocycles. The Balaban J connectivity index is 1.42. The largest absolute Gasteiger partial charge is 0.476 e. The van der Waals surface area contributed by atoms with Gasteiger partial charge in [0.1, 0.15) is 0 Å². The van der Waals surface area contributed by atoms with Crippen LogP contribution in [0.5, 0.6) is 0 Å². The maximum atomic E-state index is 11.7. The van der Waals surface area contributed by atoms with Crippen molar-refractivity contribution in [2.45, 2.75) is 25.3 Å². The fraction of sp³-hybridized carbons (Fsp3) is 0.174. The molecule has 1 saturated carbocycles. The second-order valence-corrected chi connectivity index (χ2v) is 7.40. The standard InChI is InChI=1S/C23H20N4O2/c28-23(29)21-22(24-13-19(26-21)16-6-7-16)25-18-8-9-20-17(12-18)10-11-27(20)14-15-4-2-1-3-5-15/h1-5,8-13,16H,6-7,14H2,(H,24,25)(H,28,29). The Hall–Kier alpha value is -3.67. The predicted octanol–water partition coefficient (Wildman–Crippen LogP) is 4.80. The molecule has 0 radical (unpaired) electrons. The van der Waals surface area contributed by atoms with E-state index in [1.807, 2.05) is 36.4 Å². The lowest BCUT2D eigenvalue weighted by Crippen LogP contribution is -2.09. The van der Waals surface area contributed by atoms with Crippen molar-refractivity contribution in [3.63, 3.8) is 0 Å². The average Bonchev–Trinajstić information content (AvgIpc) is 3.51. The van der Waals surface area contributed by atoms with Crippen molar-refractivity contribution in [3.05, 3.63) is 83.9 Å². The highest BCUT2D eigenvalue weighted by Crippen LogP contribution is 2.39. The zero-order chi connectivity index (χ0) is 19.8. The maximum Gasteiger partial charge on any atom is 0.358 e. The monoisotopic (exact) mass is 384 g/mol. The minimum atomic E-state index is -1.07. The lowest BCUT2D eigenvalue weighted by molar-refractivity contribution is 0.0691. The topological polar surface area (TPSA) is 80.0 Å². The van der Waals surface area contributed by atoms with E-state index in [-0.39, 0.29) is 11.5 Å². The van der Waals surface area contributed by atoms with Gasteiger partial charge in [-0.15, -0.1) is 0 Å². The van der Waals surface area contributed by atoms with E-state index in [0.717, 1.165) is 41.7 Å². The Labute approximate surface area is 167 Å². The molecule has 1 aliphatic rings. The van der Waals surface area contributed by atoms with Crippen LogP contribution >= 0.6 is 0 Å². The van der Waals surface area contributed by atoms with E-state index in [1.165, 1.54) is 5.56 Å². The van der Waals surface area contributed by atoms with E-state index in [0.29, 0.717) is 5.92 Å². The van der Waals surface area contributed by atoms with E-state index in [4.69, 9.17) is 0 Å². The Morgan fingerprint density at radius 1 is 1.14 bits per heavy atom. The molecule has 6 nitrogen and oxygen atoms in total. The summed E-state index contributed by atoms with van der Waals surface area (Å²) in [6.45, 7) is 0.800. The fourth-order valence-corrected chi connectivity index (χ4v) is 3.55. The van der Waals surface area contributed by atoms with Gasteiger partial charge in [-0.1, -0.05) is 30.3 Å². The van der Waals surface area contributed by atoms with Gasteiger partial charge in [0.2, 0.25) is 0 Å². The number of carboxylic acid groups (broad SMARTS) is 1. The zero-order valence-electron chi connectivity index (χ0n) is 15.7. The van der Waals surface area contributed by atoms with Gasteiger partial charge in [-0.2, -0.15) is 0 Å². The lowest BCUT2D eigenvalue weighted by Gasteiger charge is -2.10. The summed E-state index contributed by atoms with van der Waals surface area (Å²) in [7, 11) is 0. The van der Waals surface area contributed by atoms with Crippen LogP contribution in [0.2, 0.25) is 0 Å². The Morgan fingerprint density at radius 3 is 2.72 bits per heavy atom. The number of nitrogens with zero attached hydrogens (tertiary/aromatic N) is 3. The SMILES string of the molecule is O=C(O)c1nc(C2CC2)cnc1Nc1ccc2c(ccn2Cc2ccccc2)c1. The van der Waals surface area contributed by atoms with Crippen LogP contribution in [0.25, 0.3) is 10.9 Å². The van der Waals surface area contributed by atoms with Crippen LogP contribution < -0.4 is 5.32 Å². The number of anilines is 2. The van der Waals surface area contributed by atoms with Crippen LogP contribution in [0.4, 0.5) is 11.5 Å². The van der Waals surface area contributed by atoms with Gasteiger partial charge in [-0.25, -0.2) is 14.8 Å². The Bertz CT molecular complexity index is 1200. The number of aromatic nitrogens is 3. The summed E-state index contributed by atoms with van der Waals surface area (Å²) in [6, 6.07) is 18.3. The van der Waals surface area contributed by atoms with E-state index < -0.39 is 5.97 Å². The summed E-state index contributed by atoms with van der Waals surface area (Å²) in [5.41, 5.74) is 3.88. The third-order valence-corrected chi connectivity index (χ3v) is 5.22. The van der Waals surface area contributed by atoms with Gasteiger partial charge >= 0.3 is 5.97 Å². The molecule has 0 saturated heterocycles. The zero-order valence-corrected chi connectivity index (χ0v) is 15.7. The molecular formula is C23H20N4O2. The summed E-state index contributed by atoms with van der Waals surface area (Å²) in [4.78, 5) is 20.3. The second-order valence-electron chi connectivity index (χ2n) is 7.40. The first kappa shape index (κ1) is 17.4. The first-order chi connectivity index (χ1) is 14.2. The van der Waals surface area contributed by atoms with Gasteiger partial charge in [0.05, 0.1) is 11.9 Å². The normalized spacial score (nSPS) is 13.5.